The number of rotatable bonds is 6. The van der Waals surface area contributed by atoms with Gasteiger partial charge in [0.1, 0.15) is 5.58 Å². The van der Waals surface area contributed by atoms with Gasteiger partial charge in [-0.15, -0.1) is 11.3 Å². The molecule has 0 unspecified atom stereocenters. The average molecular weight is 670 g/mol. The van der Waals surface area contributed by atoms with E-state index in [4.69, 9.17) is 4.42 Å². The molecule has 240 valence electrons. The van der Waals surface area contributed by atoms with Gasteiger partial charge >= 0.3 is 0 Å². The molecular weight excluding hydrogens is 639 g/mol. The van der Waals surface area contributed by atoms with Crippen molar-refractivity contribution in [1.82, 2.24) is 0 Å². The molecule has 0 N–H and O–H groups in total. The van der Waals surface area contributed by atoms with E-state index in [1.165, 1.54) is 42.4 Å². The monoisotopic (exact) mass is 669 g/mol. The quantitative estimate of drug-likeness (QED) is 0.175. The lowest BCUT2D eigenvalue weighted by Gasteiger charge is -2.27. The van der Waals surface area contributed by atoms with E-state index in [1.54, 1.807) is 0 Å². The zero-order valence-electron chi connectivity index (χ0n) is 27.7. The Hall–Kier alpha value is -6.42. The van der Waals surface area contributed by atoms with Crippen molar-refractivity contribution in [1.29, 1.82) is 0 Å². The minimum atomic E-state index is 0.865. The third-order valence-electron chi connectivity index (χ3n) is 9.89. The van der Waals surface area contributed by atoms with Gasteiger partial charge in [0, 0.05) is 36.6 Å². The summed E-state index contributed by atoms with van der Waals surface area (Å²) in [5.74, 6) is 0. The van der Waals surface area contributed by atoms with Crippen LogP contribution in [0, 0.1) is 0 Å². The first-order chi connectivity index (χ1) is 25.3. The Morgan fingerprint density at radius 3 is 1.67 bits per heavy atom. The molecule has 10 aromatic rings. The summed E-state index contributed by atoms with van der Waals surface area (Å²) in [4.78, 5) is 2.41. The minimum absolute atomic E-state index is 0.865. The standard InChI is InChI=1S/C48H31NOS/c1-4-14-32(15-5-1)33-24-26-36(27-25-33)49(41-30-29-38(35-18-8-3-9-19-35)48-46(41)40-21-11-13-23-44(40)51-48)42-31-28-37(34-16-6-2-7-17-34)45-39-20-10-12-22-43(39)50-47(42)45/h1-31H. The van der Waals surface area contributed by atoms with Crippen molar-refractivity contribution in [2.24, 2.45) is 0 Å². The van der Waals surface area contributed by atoms with Crippen LogP contribution in [0.2, 0.25) is 0 Å². The summed E-state index contributed by atoms with van der Waals surface area (Å²) < 4.78 is 9.44. The van der Waals surface area contributed by atoms with Gasteiger partial charge in [-0.3, -0.25) is 0 Å². The van der Waals surface area contributed by atoms with Crippen molar-refractivity contribution in [3.63, 3.8) is 0 Å². The zero-order chi connectivity index (χ0) is 33.7. The molecular formula is C48H31NOS. The van der Waals surface area contributed by atoms with Gasteiger partial charge in [-0.05, 0) is 69.8 Å². The summed E-state index contributed by atoms with van der Waals surface area (Å²) in [6.45, 7) is 0. The van der Waals surface area contributed by atoms with Gasteiger partial charge in [-0.2, -0.15) is 0 Å². The van der Waals surface area contributed by atoms with Gasteiger partial charge in [-0.25, -0.2) is 0 Å². The van der Waals surface area contributed by atoms with E-state index in [2.05, 4.69) is 193 Å². The lowest BCUT2D eigenvalue weighted by molar-refractivity contribution is 0.669. The Kier molecular flexibility index (Phi) is 7.04. The van der Waals surface area contributed by atoms with Gasteiger partial charge in [0.2, 0.25) is 0 Å². The molecule has 3 heteroatoms. The number of anilines is 3. The second kappa shape index (κ2) is 12.2. The SMILES string of the molecule is c1ccc(-c2ccc(N(c3ccc(-c4ccccc4)c4c3oc3ccccc34)c3ccc(-c4ccccc4)c4sc5ccccc5c34)cc2)cc1. The summed E-state index contributed by atoms with van der Waals surface area (Å²) in [5, 5.41) is 4.71. The molecule has 0 atom stereocenters. The van der Waals surface area contributed by atoms with Crippen molar-refractivity contribution in [3.05, 3.63) is 188 Å². The van der Waals surface area contributed by atoms with Crippen LogP contribution < -0.4 is 4.90 Å². The fourth-order valence-electron chi connectivity index (χ4n) is 7.53. The largest absolute Gasteiger partial charge is 0.454 e. The number of nitrogens with zero attached hydrogens (tertiary/aromatic N) is 1. The molecule has 2 heterocycles. The lowest BCUT2D eigenvalue weighted by Crippen LogP contribution is -2.11. The van der Waals surface area contributed by atoms with Gasteiger partial charge in [0.25, 0.3) is 0 Å². The maximum atomic E-state index is 6.90. The number of benzene rings is 8. The summed E-state index contributed by atoms with van der Waals surface area (Å²) in [6.07, 6.45) is 0. The lowest BCUT2D eigenvalue weighted by atomic mass is 9.97. The Morgan fingerprint density at radius 1 is 0.392 bits per heavy atom. The molecule has 0 bridgehead atoms. The van der Waals surface area contributed by atoms with Crippen LogP contribution in [-0.2, 0) is 0 Å². The van der Waals surface area contributed by atoms with Crippen LogP contribution in [0.4, 0.5) is 17.1 Å². The molecule has 0 saturated heterocycles. The summed E-state index contributed by atoms with van der Waals surface area (Å²) in [7, 11) is 0. The Labute approximate surface area is 300 Å². The second-order valence-electron chi connectivity index (χ2n) is 12.8. The predicted octanol–water partition coefficient (Wildman–Crippen LogP) is 14.4. The molecule has 0 saturated carbocycles. The first-order valence-corrected chi connectivity index (χ1v) is 18.1. The predicted molar refractivity (Wildman–Crippen MR) is 218 cm³/mol. The van der Waals surface area contributed by atoms with Gasteiger partial charge in [0.15, 0.2) is 5.58 Å². The Balaban J connectivity index is 1.29. The highest BCUT2D eigenvalue weighted by Gasteiger charge is 2.25. The van der Waals surface area contributed by atoms with Crippen LogP contribution in [0.25, 0.3) is 75.5 Å². The molecule has 0 spiro atoms. The summed E-state index contributed by atoms with van der Waals surface area (Å²) >= 11 is 1.86. The van der Waals surface area contributed by atoms with Crippen LogP contribution >= 0.6 is 11.3 Å². The Bertz CT molecular complexity index is 2840. The first kappa shape index (κ1) is 29.5. The number of hydrogen-bond donors (Lipinski definition) is 0. The fraction of sp³-hybridized carbons (Fsp3) is 0. The highest BCUT2D eigenvalue weighted by Crippen LogP contribution is 2.51. The van der Waals surface area contributed by atoms with Crippen molar-refractivity contribution >= 4 is 70.5 Å². The smallest absolute Gasteiger partial charge is 0.160 e. The second-order valence-corrected chi connectivity index (χ2v) is 13.9. The van der Waals surface area contributed by atoms with E-state index in [0.29, 0.717) is 0 Å². The summed E-state index contributed by atoms with van der Waals surface area (Å²) in [5.41, 5.74) is 12.1. The topological polar surface area (TPSA) is 16.4 Å². The third kappa shape index (κ3) is 4.93. The van der Waals surface area contributed by atoms with Crippen molar-refractivity contribution in [3.8, 4) is 33.4 Å². The molecule has 0 radical (unpaired) electrons. The molecule has 51 heavy (non-hydrogen) atoms. The minimum Gasteiger partial charge on any atom is -0.454 e. The molecule has 0 aliphatic rings. The number of furan rings is 1. The molecule has 0 aliphatic heterocycles. The molecule has 10 rings (SSSR count). The number of thiophene rings is 1. The van der Waals surface area contributed by atoms with Crippen molar-refractivity contribution in [2.45, 2.75) is 0 Å². The first-order valence-electron chi connectivity index (χ1n) is 17.3. The molecule has 0 amide bonds. The maximum absolute atomic E-state index is 6.90. The fourth-order valence-corrected chi connectivity index (χ4v) is 8.79. The molecule has 0 fully saturated rings. The molecule has 2 nitrogen and oxygen atoms in total. The van der Waals surface area contributed by atoms with Crippen molar-refractivity contribution < 1.29 is 4.42 Å². The van der Waals surface area contributed by atoms with Crippen LogP contribution in [-0.4, -0.2) is 0 Å². The van der Waals surface area contributed by atoms with E-state index >= 15 is 0 Å². The Morgan fingerprint density at radius 2 is 0.941 bits per heavy atom. The molecule has 0 aliphatic carbocycles. The number of hydrogen-bond acceptors (Lipinski definition) is 3. The van der Waals surface area contributed by atoms with Gasteiger partial charge in [-0.1, -0.05) is 152 Å². The van der Waals surface area contributed by atoms with E-state index in [-0.39, 0.29) is 0 Å². The maximum Gasteiger partial charge on any atom is 0.160 e. The number of fused-ring (bicyclic) bond motifs is 6. The van der Waals surface area contributed by atoms with Gasteiger partial charge in [0.05, 0.1) is 11.4 Å². The highest BCUT2D eigenvalue weighted by atomic mass is 32.1. The van der Waals surface area contributed by atoms with Crippen LogP contribution in [0.15, 0.2) is 192 Å². The van der Waals surface area contributed by atoms with E-state index in [1.807, 2.05) is 11.3 Å². The van der Waals surface area contributed by atoms with E-state index in [0.717, 1.165) is 50.1 Å². The molecule has 8 aromatic carbocycles. The normalized spacial score (nSPS) is 11.5. The zero-order valence-corrected chi connectivity index (χ0v) is 28.5. The van der Waals surface area contributed by atoms with Crippen LogP contribution in [0.3, 0.4) is 0 Å². The van der Waals surface area contributed by atoms with Crippen LogP contribution in [0.1, 0.15) is 0 Å². The number of para-hydroxylation sites is 1. The third-order valence-corrected chi connectivity index (χ3v) is 11.1. The average Bonchev–Trinajstić information content (AvgIpc) is 3.79. The summed E-state index contributed by atoms with van der Waals surface area (Å²) in [6, 6.07) is 67.2. The highest BCUT2D eigenvalue weighted by molar-refractivity contribution is 7.26. The van der Waals surface area contributed by atoms with Crippen LogP contribution in [0.5, 0.6) is 0 Å². The van der Waals surface area contributed by atoms with E-state index < -0.39 is 0 Å². The van der Waals surface area contributed by atoms with E-state index in [9.17, 15) is 0 Å². The van der Waals surface area contributed by atoms with Crippen molar-refractivity contribution in [2.75, 3.05) is 4.90 Å². The van der Waals surface area contributed by atoms with Gasteiger partial charge < -0.3 is 9.32 Å². The molecule has 2 aromatic heterocycles.